The van der Waals surface area contributed by atoms with Gasteiger partial charge in [0.1, 0.15) is 6.61 Å². The summed E-state index contributed by atoms with van der Waals surface area (Å²) in [4.78, 5) is 25.9. The van der Waals surface area contributed by atoms with Gasteiger partial charge < -0.3 is 9.47 Å². The number of terminal acetylenes is 1. The van der Waals surface area contributed by atoms with Gasteiger partial charge in [0.05, 0.1) is 18.1 Å². The molecule has 0 unspecified atom stereocenters. The zero-order chi connectivity index (χ0) is 22.2. The molecule has 1 aliphatic heterocycles. The SMILES string of the molecule is C#CCN1C(=O)S/C(=C\c2cc(CC=C)c(OCc3ccccc3)c(OCC)c2)C1=O. The Hall–Kier alpha value is -3.43. The van der Waals surface area contributed by atoms with Gasteiger partial charge in [-0.3, -0.25) is 14.5 Å². The van der Waals surface area contributed by atoms with Gasteiger partial charge in [-0.1, -0.05) is 42.3 Å². The van der Waals surface area contributed by atoms with E-state index in [1.807, 2.05) is 49.4 Å². The molecule has 0 aliphatic carbocycles. The maximum atomic E-state index is 12.5. The fourth-order valence-electron chi connectivity index (χ4n) is 3.11. The first-order chi connectivity index (χ1) is 15.1. The van der Waals surface area contributed by atoms with Gasteiger partial charge in [0.2, 0.25) is 0 Å². The summed E-state index contributed by atoms with van der Waals surface area (Å²) in [5.74, 6) is 3.17. The second-order valence-corrected chi connectivity index (χ2v) is 7.67. The van der Waals surface area contributed by atoms with Crippen LogP contribution in [0.3, 0.4) is 0 Å². The summed E-state index contributed by atoms with van der Waals surface area (Å²) in [5, 5.41) is -0.367. The Labute approximate surface area is 186 Å². The van der Waals surface area contributed by atoms with Crippen LogP contribution in [0.2, 0.25) is 0 Å². The molecule has 0 bridgehead atoms. The molecule has 1 aliphatic rings. The smallest absolute Gasteiger partial charge is 0.294 e. The lowest BCUT2D eigenvalue weighted by Crippen LogP contribution is -2.28. The number of carbonyl (C=O) groups excluding carboxylic acids is 2. The molecular weight excluding hydrogens is 410 g/mol. The average Bonchev–Trinajstić information content (AvgIpc) is 3.02. The fourth-order valence-corrected chi connectivity index (χ4v) is 3.95. The molecule has 0 radical (unpaired) electrons. The van der Waals surface area contributed by atoms with E-state index < -0.39 is 0 Å². The molecule has 0 aromatic heterocycles. The molecule has 2 aromatic rings. The minimum atomic E-state index is -0.388. The maximum Gasteiger partial charge on any atom is 0.294 e. The van der Waals surface area contributed by atoms with Gasteiger partial charge in [0.25, 0.3) is 11.1 Å². The van der Waals surface area contributed by atoms with Gasteiger partial charge in [-0.05, 0) is 54.4 Å². The summed E-state index contributed by atoms with van der Waals surface area (Å²) < 4.78 is 12.0. The average molecular weight is 434 g/mol. The van der Waals surface area contributed by atoms with Gasteiger partial charge in [0, 0.05) is 5.56 Å². The van der Waals surface area contributed by atoms with Crippen molar-refractivity contribution in [1.29, 1.82) is 0 Å². The number of allylic oxidation sites excluding steroid dienone is 1. The third kappa shape index (κ3) is 5.39. The molecule has 1 heterocycles. The van der Waals surface area contributed by atoms with Crippen molar-refractivity contribution in [3.8, 4) is 23.8 Å². The number of rotatable bonds is 9. The summed E-state index contributed by atoms with van der Waals surface area (Å²) in [6.07, 6.45) is 9.28. The second-order valence-electron chi connectivity index (χ2n) is 6.68. The van der Waals surface area contributed by atoms with Crippen molar-refractivity contribution in [2.24, 2.45) is 0 Å². The Kier molecular flexibility index (Phi) is 7.58. The van der Waals surface area contributed by atoms with Crippen LogP contribution in [0.4, 0.5) is 4.79 Å². The standard InChI is InChI=1S/C25H23NO4S/c1-4-10-20-14-19(16-22-24(27)26(13-5-2)25(28)31-22)15-21(29-6-3)23(20)30-17-18-11-8-7-9-12-18/h2,4,7-9,11-12,14-16H,1,6,10,13,17H2,3H3/b22-16-. The lowest BCUT2D eigenvalue weighted by Gasteiger charge is -2.17. The highest BCUT2D eigenvalue weighted by atomic mass is 32.2. The highest BCUT2D eigenvalue weighted by molar-refractivity contribution is 8.18. The third-order valence-corrected chi connectivity index (χ3v) is 5.37. The number of ether oxygens (including phenoxy) is 2. The molecule has 6 heteroatoms. The van der Waals surface area contributed by atoms with Crippen LogP contribution < -0.4 is 9.47 Å². The van der Waals surface area contributed by atoms with Gasteiger partial charge in [-0.15, -0.1) is 13.0 Å². The van der Waals surface area contributed by atoms with E-state index in [4.69, 9.17) is 15.9 Å². The Morgan fingerprint density at radius 2 is 1.97 bits per heavy atom. The Bertz CT molecular complexity index is 1050. The highest BCUT2D eigenvalue weighted by Crippen LogP contribution is 2.37. The van der Waals surface area contributed by atoms with E-state index in [1.54, 1.807) is 12.2 Å². The van der Waals surface area contributed by atoms with Crippen LogP contribution in [-0.2, 0) is 17.8 Å². The van der Waals surface area contributed by atoms with E-state index >= 15 is 0 Å². The normalized spacial score (nSPS) is 14.6. The summed E-state index contributed by atoms with van der Waals surface area (Å²) in [6.45, 7) is 6.54. The van der Waals surface area contributed by atoms with Gasteiger partial charge >= 0.3 is 0 Å². The number of imide groups is 1. The first-order valence-electron chi connectivity index (χ1n) is 9.83. The molecule has 5 nitrogen and oxygen atoms in total. The number of amides is 2. The van der Waals surface area contributed by atoms with Crippen LogP contribution in [-0.4, -0.2) is 29.2 Å². The monoisotopic (exact) mass is 433 g/mol. The van der Waals surface area contributed by atoms with Crippen molar-refractivity contribution >= 4 is 29.0 Å². The Balaban J connectivity index is 1.95. The molecule has 31 heavy (non-hydrogen) atoms. The summed E-state index contributed by atoms with van der Waals surface area (Å²) in [7, 11) is 0. The largest absolute Gasteiger partial charge is 0.490 e. The summed E-state index contributed by atoms with van der Waals surface area (Å²) in [6, 6.07) is 13.6. The lowest BCUT2D eigenvalue weighted by atomic mass is 10.0. The molecular formula is C25H23NO4S. The highest BCUT2D eigenvalue weighted by Gasteiger charge is 2.34. The predicted octanol–water partition coefficient (Wildman–Crippen LogP) is 5.06. The molecule has 158 valence electrons. The van der Waals surface area contributed by atoms with E-state index in [2.05, 4.69) is 12.5 Å². The molecule has 0 spiro atoms. The van der Waals surface area contributed by atoms with Crippen molar-refractivity contribution in [1.82, 2.24) is 4.90 Å². The van der Waals surface area contributed by atoms with Gasteiger partial charge in [-0.25, -0.2) is 0 Å². The second kappa shape index (κ2) is 10.6. The van der Waals surface area contributed by atoms with Crippen molar-refractivity contribution in [3.05, 3.63) is 76.7 Å². The first kappa shape index (κ1) is 22.3. The van der Waals surface area contributed by atoms with Crippen LogP contribution in [0, 0.1) is 12.3 Å². The molecule has 1 fully saturated rings. The Morgan fingerprint density at radius 1 is 1.19 bits per heavy atom. The molecule has 0 saturated carbocycles. The van der Waals surface area contributed by atoms with Crippen LogP contribution in [0.15, 0.2) is 60.0 Å². The quantitative estimate of drug-likeness (QED) is 0.314. The molecule has 3 rings (SSSR count). The topological polar surface area (TPSA) is 55.8 Å². The number of hydrogen-bond donors (Lipinski definition) is 0. The minimum absolute atomic E-state index is 0.0415. The fraction of sp³-hybridized carbons (Fsp3) is 0.200. The predicted molar refractivity (Wildman–Crippen MR) is 124 cm³/mol. The summed E-state index contributed by atoms with van der Waals surface area (Å²) >= 11 is 0.877. The van der Waals surface area contributed by atoms with Gasteiger partial charge in [-0.2, -0.15) is 0 Å². The van der Waals surface area contributed by atoms with Crippen molar-refractivity contribution < 1.29 is 19.1 Å². The third-order valence-electron chi connectivity index (χ3n) is 4.46. The van der Waals surface area contributed by atoms with E-state index in [0.717, 1.165) is 33.4 Å². The zero-order valence-corrected chi connectivity index (χ0v) is 18.1. The van der Waals surface area contributed by atoms with Crippen molar-refractivity contribution in [2.45, 2.75) is 20.0 Å². The molecule has 2 amide bonds. The Morgan fingerprint density at radius 3 is 2.65 bits per heavy atom. The van der Waals surface area contributed by atoms with E-state index in [-0.39, 0.29) is 17.7 Å². The van der Waals surface area contributed by atoms with Crippen LogP contribution in [0.5, 0.6) is 11.5 Å². The van der Waals surface area contributed by atoms with Crippen LogP contribution in [0.1, 0.15) is 23.6 Å². The number of benzene rings is 2. The summed E-state index contributed by atoms with van der Waals surface area (Å²) in [5.41, 5.74) is 2.66. The zero-order valence-electron chi connectivity index (χ0n) is 17.3. The van der Waals surface area contributed by atoms with Crippen LogP contribution >= 0.6 is 11.8 Å². The molecule has 2 aromatic carbocycles. The van der Waals surface area contributed by atoms with Gasteiger partial charge in [0.15, 0.2) is 11.5 Å². The number of hydrogen-bond acceptors (Lipinski definition) is 5. The van der Waals surface area contributed by atoms with Crippen LogP contribution in [0.25, 0.3) is 6.08 Å². The van der Waals surface area contributed by atoms with Crippen molar-refractivity contribution in [2.75, 3.05) is 13.2 Å². The van der Waals surface area contributed by atoms with Crippen molar-refractivity contribution in [3.63, 3.8) is 0 Å². The molecule has 0 N–H and O–H groups in total. The first-order valence-corrected chi connectivity index (χ1v) is 10.6. The maximum absolute atomic E-state index is 12.5. The minimum Gasteiger partial charge on any atom is -0.490 e. The number of carbonyl (C=O) groups is 2. The van der Waals surface area contributed by atoms with E-state index in [1.165, 1.54) is 0 Å². The lowest BCUT2D eigenvalue weighted by molar-refractivity contribution is -0.122. The van der Waals surface area contributed by atoms with E-state index in [0.29, 0.717) is 36.0 Å². The number of nitrogens with zero attached hydrogens (tertiary/aromatic N) is 1. The van der Waals surface area contributed by atoms with E-state index in [9.17, 15) is 9.59 Å². The number of thioether (sulfide) groups is 1. The molecule has 0 atom stereocenters. The molecule has 1 saturated heterocycles.